The zero-order valence-corrected chi connectivity index (χ0v) is 9.76. The Morgan fingerprint density at radius 2 is 2.00 bits per heavy atom. The van der Waals surface area contributed by atoms with Crippen LogP contribution in [-0.4, -0.2) is 6.36 Å². The standard InChI is InChI=1S/C14H13F3O/c1-9-6-13(7-9)8-12(13)10-3-2-4-11(5-10)18-14(15,16)17/h2-5,12H,1,6-8H2. The first-order valence-electron chi connectivity index (χ1n) is 5.90. The van der Waals surface area contributed by atoms with Crippen LogP contribution < -0.4 is 4.74 Å². The lowest BCUT2D eigenvalue weighted by atomic mass is 9.75. The van der Waals surface area contributed by atoms with Gasteiger partial charge in [0.15, 0.2) is 0 Å². The van der Waals surface area contributed by atoms with Gasteiger partial charge in [-0.15, -0.1) is 13.2 Å². The first-order valence-corrected chi connectivity index (χ1v) is 5.90. The van der Waals surface area contributed by atoms with Crippen molar-refractivity contribution in [1.29, 1.82) is 0 Å². The third-order valence-electron chi connectivity index (χ3n) is 3.89. The summed E-state index contributed by atoms with van der Waals surface area (Å²) in [6.07, 6.45) is -1.53. The van der Waals surface area contributed by atoms with E-state index in [1.807, 2.05) is 6.07 Å². The normalized spacial score (nSPS) is 24.8. The molecule has 18 heavy (non-hydrogen) atoms. The molecule has 96 valence electrons. The van der Waals surface area contributed by atoms with E-state index in [2.05, 4.69) is 11.3 Å². The molecule has 0 heterocycles. The van der Waals surface area contributed by atoms with Gasteiger partial charge in [-0.1, -0.05) is 24.3 Å². The number of ether oxygens (including phenoxy) is 1. The summed E-state index contributed by atoms with van der Waals surface area (Å²) in [7, 11) is 0. The van der Waals surface area contributed by atoms with E-state index in [0.717, 1.165) is 24.8 Å². The van der Waals surface area contributed by atoms with E-state index in [-0.39, 0.29) is 5.75 Å². The summed E-state index contributed by atoms with van der Waals surface area (Å²) in [6.45, 7) is 3.92. The summed E-state index contributed by atoms with van der Waals surface area (Å²) < 4.78 is 40.4. The van der Waals surface area contributed by atoms with Crippen molar-refractivity contribution in [2.24, 2.45) is 5.41 Å². The Morgan fingerprint density at radius 1 is 1.28 bits per heavy atom. The summed E-state index contributed by atoms with van der Waals surface area (Å²) in [6, 6.07) is 6.35. The number of benzene rings is 1. The van der Waals surface area contributed by atoms with Crippen LogP contribution in [0.15, 0.2) is 36.4 Å². The molecule has 0 N–H and O–H groups in total. The molecule has 2 fully saturated rings. The molecule has 0 radical (unpaired) electrons. The second-order valence-electron chi connectivity index (χ2n) is 5.34. The largest absolute Gasteiger partial charge is 0.573 e. The molecule has 1 atom stereocenters. The van der Waals surface area contributed by atoms with Gasteiger partial charge >= 0.3 is 6.36 Å². The fourth-order valence-corrected chi connectivity index (χ4v) is 3.08. The van der Waals surface area contributed by atoms with Crippen LogP contribution in [0.1, 0.15) is 30.7 Å². The molecule has 0 saturated heterocycles. The van der Waals surface area contributed by atoms with Gasteiger partial charge in [-0.2, -0.15) is 0 Å². The highest BCUT2D eigenvalue weighted by Gasteiger charge is 2.59. The average molecular weight is 254 g/mol. The van der Waals surface area contributed by atoms with Gasteiger partial charge in [-0.05, 0) is 48.3 Å². The van der Waals surface area contributed by atoms with Crippen LogP contribution in [0, 0.1) is 5.41 Å². The van der Waals surface area contributed by atoms with Crippen LogP contribution in [0.3, 0.4) is 0 Å². The molecule has 1 aromatic rings. The molecule has 1 unspecified atom stereocenters. The predicted molar refractivity (Wildman–Crippen MR) is 61.3 cm³/mol. The molecule has 2 aliphatic carbocycles. The lowest BCUT2D eigenvalue weighted by Gasteiger charge is -2.30. The Hall–Kier alpha value is -1.45. The predicted octanol–water partition coefficient (Wildman–Crippen LogP) is 4.41. The van der Waals surface area contributed by atoms with Gasteiger partial charge in [0.2, 0.25) is 0 Å². The number of alkyl halides is 3. The van der Waals surface area contributed by atoms with Crippen molar-refractivity contribution in [3.8, 4) is 5.75 Å². The highest BCUT2D eigenvalue weighted by Crippen LogP contribution is 2.71. The average Bonchev–Trinajstić information content (AvgIpc) is 2.90. The van der Waals surface area contributed by atoms with Gasteiger partial charge in [0.25, 0.3) is 0 Å². The molecule has 0 aliphatic heterocycles. The first-order chi connectivity index (χ1) is 8.38. The monoisotopic (exact) mass is 254 g/mol. The SMILES string of the molecule is C=C1CC2(C1)CC2c1cccc(OC(F)(F)F)c1. The van der Waals surface area contributed by atoms with Crippen molar-refractivity contribution in [3.63, 3.8) is 0 Å². The van der Waals surface area contributed by atoms with Crippen LogP contribution >= 0.6 is 0 Å². The van der Waals surface area contributed by atoms with E-state index in [1.165, 1.54) is 17.7 Å². The van der Waals surface area contributed by atoms with Gasteiger partial charge < -0.3 is 4.74 Å². The van der Waals surface area contributed by atoms with Crippen molar-refractivity contribution in [2.75, 3.05) is 0 Å². The fraction of sp³-hybridized carbons (Fsp3) is 0.429. The van der Waals surface area contributed by atoms with Crippen molar-refractivity contribution in [3.05, 3.63) is 42.0 Å². The lowest BCUT2D eigenvalue weighted by Crippen LogP contribution is -2.18. The maximum absolute atomic E-state index is 12.1. The Bertz CT molecular complexity index is 496. The minimum atomic E-state index is -4.62. The van der Waals surface area contributed by atoms with Gasteiger partial charge in [0.1, 0.15) is 5.75 Å². The highest BCUT2D eigenvalue weighted by atomic mass is 19.4. The van der Waals surface area contributed by atoms with Crippen LogP contribution in [0.5, 0.6) is 5.75 Å². The third kappa shape index (κ3) is 2.00. The van der Waals surface area contributed by atoms with E-state index in [0.29, 0.717) is 11.3 Å². The smallest absolute Gasteiger partial charge is 0.406 e. The molecule has 2 saturated carbocycles. The Labute approximate surface area is 103 Å². The summed E-state index contributed by atoms with van der Waals surface area (Å²) in [4.78, 5) is 0. The van der Waals surface area contributed by atoms with Gasteiger partial charge in [0, 0.05) is 0 Å². The number of hydrogen-bond donors (Lipinski definition) is 0. The molecule has 4 heteroatoms. The molecule has 0 amide bonds. The molecule has 0 aromatic heterocycles. The number of allylic oxidation sites excluding steroid dienone is 1. The summed E-state index contributed by atoms with van der Waals surface area (Å²) in [5, 5.41) is 0. The van der Waals surface area contributed by atoms with E-state index in [4.69, 9.17) is 0 Å². The van der Waals surface area contributed by atoms with E-state index < -0.39 is 6.36 Å². The number of hydrogen-bond acceptors (Lipinski definition) is 1. The van der Waals surface area contributed by atoms with E-state index >= 15 is 0 Å². The molecule has 1 spiro atoms. The van der Waals surface area contributed by atoms with Crippen molar-refractivity contribution in [2.45, 2.75) is 31.5 Å². The Morgan fingerprint density at radius 3 is 2.61 bits per heavy atom. The second kappa shape index (κ2) is 3.53. The molecule has 3 rings (SSSR count). The lowest BCUT2D eigenvalue weighted by molar-refractivity contribution is -0.274. The van der Waals surface area contributed by atoms with E-state index in [9.17, 15) is 13.2 Å². The zero-order valence-electron chi connectivity index (χ0n) is 9.76. The first kappa shape index (κ1) is 11.6. The molecule has 1 aromatic carbocycles. The van der Waals surface area contributed by atoms with Crippen LogP contribution in [0.25, 0.3) is 0 Å². The number of rotatable bonds is 2. The van der Waals surface area contributed by atoms with E-state index in [1.54, 1.807) is 6.07 Å². The van der Waals surface area contributed by atoms with Crippen LogP contribution in [-0.2, 0) is 0 Å². The molecule has 1 nitrogen and oxygen atoms in total. The summed E-state index contributed by atoms with van der Waals surface area (Å²) >= 11 is 0. The maximum atomic E-state index is 12.1. The van der Waals surface area contributed by atoms with Crippen LogP contribution in [0.4, 0.5) is 13.2 Å². The van der Waals surface area contributed by atoms with Gasteiger partial charge in [-0.25, -0.2) is 0 Å². The molecular weight excluding hydrogens is 241 g/mol. The zero-order chi connectivity index (χ0) is 13.0. The molecule has 0 bridgehead atoms. The van der Waals surface area contributed by atoms with Gasteiger partial charge in [0.05, 0.1) is 0 Å². The Kier molecular flexibility index (Phi) is 2.28. The second-order valence-corrected chi connectivity index (χ2v) is 5.34. The molecule has 2 aliphatic rings. The van der Waals surface area contributed by atoms with Gasteiger partial charge in [-0.3, -0.25) is 0 Å². The number of halogens is 3. The minimum absolute atomic E-state index is 0.125. The third-order valence-corrected chi connectivity index (χ3v) is 3.89. The fourth-order valence-electron chi connectivity index (χ4n) is 3.08. The van der Waals surface area contributed by atoms with Crippen molar-refractivity contribution < 1.29 is 17.9 Å². The highest BCUT2D eigenvalue weighted by molar-refractivity contribution is 5.40. The topological polar surface area (TPSA) is 9.23 Å². The summed E-state index contributed by atoms with van der Waals surface area (Å²) in [5.74, 6) is 0.250. The minimum Gasteiger partial charge on any atom is -0.406 e. The van der Waals surface area contributed by atoms with Crippen molar-refractivity contribution in [1.82, 2.24) is 0 Å². The summed E-state index contributed by atoms with van der Waals surface area (Å²) in [5.41, 5.74) is 2.50. The maximum Gasteiger partial charge on any atom is 0.573 e. The van der Waals surface area contributed by atoms with Crippen LogP contribution in [0.2, 0.25) is 0 Å². The quantitative estimate of drug-likeness (QED) is 0.710. The molecular formula is C14H13F3O. The van der Waals surface area contributed by atoms with Crippen molar-refractivity contribution >= 4 is 0 Å². The Balaban J connectivity index is 1.75.